The molecule has 0 spiro atoms. The van der Waals surface area contributed by atoms with Crippen LogP contribution in [0.4, 0.5) is 0 Å². The van der Waals surface area contributed by atoms with Crippen molar-refractivity contribution in [2.24, 2.45) is 0 Å². The van der Waals surface area contributed by atoms with E-state index in [1.165, 1.54) is 24.8 Å². The van der Waals surface area contributed by atoms with Crippen LogP contribution in [0.15, 0.2) is 30.3 Å². The van der Waals surface area contributed by atoms with E-state index in [1.807, 2.05) is 12.1 Å². The van der Waals surface area contributed by atoms with Crippen molar-refractivity contribution in [2.45, 2.75) is 39.5 Å². The fourth-order valence-electron chi connectivity index (χ4n) is 1.48. The first-order chi connectivity index (χ1) is 7.65. The first-order valence-corrected chi connectivity index (χ1v) is 5.38. The summed E-state index contributed by atoms with van der Waals surface area (Å²) in [4.78, 5) is 0. The highest BCUT2D eigenvalue weighted by Crippen LogP contribution is 2.09. The first-order valence-electron chi connectivity index (χ1n) is 6.38. The van der Waals surface area contributed by atoms with Crippen LogP contribution in [0.2, 0.25) is 0 Å². The van der Waals surface area contributed by atoms with Gasteiger partial charge in [-0.15, -0.1) is 0 Å². The Kier molecular flexibility index (Phi) is 3.80. The summed E-state index contributed by atoms with van der Waals surface area (Å²) >= 11 is 0. The van der Waals surface area contributed by atoms with Gasteiger partial charge in [0.05, 0.1) is 2.74 Å². The molecule has 0 aliphatic carbocycles. The minimum Gasteiger partial charge on any atom is -0.0871 e. The highest BCUT2D eigenvalue weighted by atomic mass is 14.0. The predicted molar refractivity (Wildman–Crippen MR) is 64.4 cm³/mol. The zero-order chi connectivity index (χ0) is 12.0. The Labute approximate surface area is 90.5 Å². The molecule has 0 aliphatic rings. The normalized spacial score (nSPS) is 14.4. The molecule has 1 rings (SSSR count). The van der Waals surface area contributed by atoms with E-state index in [0.717, 1.165) is 12.0 Å². The van der Waals surface area contributed by atoms with Crippen molar-refractivity contribution in [2.75, 3.05) is 0 Å². The van der Waals surface area contributed by atoms with Crippen LogP contribution in [0.5, 0.6) is 0 Å². The van der Waals surface area contributed by atoms with Crippen molar-refractivity contribution in [3.63, 3.8) is 0 Å². The average Bonchev–Trinajstić information content (AvgIpc) is 2.29. The third kappa shape index (κ3) is 3.78. The Morgan fingerprint density at radius 3 is 2.50 bits per heavy atom. The molecule has 0 nitrogen and oxygen atoms in total. The quantitative estimate of drug-likeness (QED) is 0.602. The molecule has 1 aromatic carbocycles. The van der Waals surface area contributed by atoms with Crippen molar-refractivity contribution >= 4 is 6.05 Å². The zero-order valence-corrected chi connectivity index (χ0v) is 9.14. The molecule has 76 valence electrons. The molecule has 0 radical (unpaired) electrons. The van der Waals surface area contributed by atoms with E-state index in [0.29, 0.717) is 12.1 Å². The van der Waals surface area contributed by atoms with Gasteiger partial charge in [-0.05, 0) is 30.9 Å². The summed E-state index contributed by atoms with van der Waals surface area (Å²) < 4.78 is 15.1. The van der Waals surface area contributed by atoms with Gasteiger partial charge >= 0.3 is 0 Å². The van der Waals surface area contributed by atoms with Gasteiger partial charge in [0.25, 0.3) is 0 Å². The van der Waals surface area contributed by atoms with E-state index < -0.39 is 0 Å². The van der Waals surface area contributed by atoms with Crippen LogP contribution < -0.4 is 0 Å². The Morgan fingerprint density at radius 1 is 1.21 bits per heavy atom. The van der Waals surface area contributed by atoms with Gasteiger partial charge in [-0.2, -0.15) is 0 Å². The van der Waals surface area contributed by atoms with Gasteiger partial charge in [0.15, 0.2) is 0 Å². The van der Waals surface area contributed by atoms with Crippen molar-refractivity contribution < 1.29 is 2.74 Å². The maximum absolute atomic E-state index is 7.70. The minimum atomic E-state index is 0.318. The minimum absolute atomic E-state index is 0.318. The molecule has 0 N–H and O–H groups in total. The highest BCUT2D eigenvalue weighted by molar-refractivity contribution is 5.49. The smallest absolute Gasteiger partial charge is 0.0626 e. The lowest BCUT2D eigenvalue weighted by atomic mass is 10.1. The van der Waals surface area contributed by atoms with Crippen LogP contribution in [0.25, 0.3) is 6.05 Å². The molecule has 0 unspecified atom stereocenters. The molecule has 0 bridgehead atoms. The van der Waals surface area contributed by atoms with E-state index >= 15 is 0 Å². The number of hydrogen-bond donors (Lipinski definition) is 0. The maximum atomic E-state index is 7.70. The lowest BCUT2D eigenvalue weighted by Gasteiger charge is -2.00. The molecule has 0 aliphatic heterocycles. The summed E-state index contributed by atoms with van der Waals surface area (Å²) in [5.41, 5.74) is 2.17. The molecule has 0 aromatic heterocycles. The zero-order valence-electron chi connectivity index (χ0n) is 11.1. The van der Waals surface area contributed by atoms with Crippen LogP contribution in [0.3, 0.4) is 0 Å². The third-order valence-electron chi connectivity index (χ3n) is 2.29. The van der Waals surface area contributed by atoms with E-state index in [2.05, 4.69) is 19.1 Å². The Bertz CT molecular complexity index is 346. The van der Waals surface area contributed by atoms with Gasteiger partial charge in [-0.1, -0.05) is 56.1 Å². The van der Waals surface area contributed by atoms with Crippen LogP contribution in [0.1, 0.15) is 47.0 Å². The molecule has 0 atom stereocenters. The molecule has 0 heteroatoms. The van der Waals surface area contributed by atoms with Crippen LogP contribution in [-0.2, 0) is 6.42 Å². The summed E-state index contributed by atoms with van der Waals surface area (Å²) in [6.07, 6.45) is 4.87. The Balaban J connectivity index is 2.65. The number of unbranched alkanes of at least 4 members (excludes halogenated alkanes) is 2. The van der Waals surface area contributed by atoms with Crippen molar-refractivity contribution in [3.8, 4) is 0 Å². The fourth-order valence-corrected chi connectivity index (χ4v) is 1.48. The second kappa shape index (κ2) is 6.42. The topological polar surface area (TPSA) is 0 Å². The summed E-state index contributed by atoms with van der Waals surface area (Å²) in [7, 11) is 0. The third-order valence-corrected chi connectivity index (χ3v) is 2.29. The Hall–Kier alpha value is -1.04. The van der Waals surface area contributed by atoms with Gasteiger partial charge in [-0.3, -0.25) is 0 Å². The monoisotopic (exact) mass is 190 g/mol. The van der Waals surface area contributed by atoms with E-state index in [1.54, 1.807) is 6.92 Å². The largest absolute Gasteiger partial charge is 0.0871 e. The number of benzene rings is 1. The SMILES string of the molecule is [2H]/C(C)=C(/[2H])c1ccc(CCCCC)cc1. The van der Waals surface area contributed by atoms with Gasteiger partial charge in [-0.25, -0.2) is 0 Å². The van der Waals surface area contributed by atoms with Gasteiger partial charge in [0.1, 0.15) is 0 Å². The van der Waals surface area contributed by atoms with E-state index in [9.17, 15) is 0 Å². The van der Waals surface area contributed by atoms with Crippen LogP contribution in [-0.4, -0.2) is 0 Å². The summed E-state index contributed by atoms with van der Waals surface area (Å²) in [5.74, 6) is 0. The van der Waals surface area contributed by atoms with E-state index in [4.69, 9.17) is 2.74 Å². The Morgan fingerprint density at radius 2 is 1.93 bits per heavy atom. The highest BCUT2D eigenvalue weighted by Gasteiger charge is 1.92. The molecular weight excluding hydrogens is 168 g/mol. The fraction of sp³-hybridized carbons (Fsp3) is 0.429. The molecule has 0 heterocycles. The van der Waals surface area contributed by atoms with Crippen molar-refractivity contribution in [3.05, 3.63) is 41.4 Å². The number of aryl methyl sites for hydroxylation is 1. The molecule has 0 amide bonds. The number of hydrogen-bond acceptors (Lipinski definition) is 0. The lowest BCUT2D eigenvalue weighted by Crippen LogP contribution is -1.85. The second-order valence-electron chi connectivity index (χ2n) is 3.53. The summed E-state index contributed by atoms with van der Waals surface area (Å²) in [6.45, 7) is 3.86. The van der Waals surface area contributed by atoms with E-state index in [-0.39, 0.29) is 0 Å². The van der Waals surface area contributed by atoms with Gasteiger partial charge in [0.2, 0.25) is 0 Å². The van der Waals surface area contributed by atoms with Crippen molar-refractivity contribution in [1.29, 1.82) is 0 Å². The molecule has 0 saturated carbocycles. The lowest BCUT2D eigenvalue weighted by molar-refractivity contribution is 0.717. The standard InChI is InChI=1S/C14H20/c1-3-5-6-8-14-11-9-13(7-4-2)10-12-14/h4,7,9-12H,3,5-6,8H2,1-2H3/b7-4+/i4D,7D. The number of rotatable bonds is 5. The van der Waals surface area contributed by atoms with Crippen molar-refractivity contribution in [1.82, 2.24) is 0 Å². The predicted octanol–water partition coefficient (Wildman–Crippen LogP) is 4.45. The average molecular weight is 190 g/mol. The molecular formula is C14H20. The maximum Gasteiger partial charge on any atom is 0.0626 e. The molecule has 0 saturated heterocycles. The first kappa shape index (κ1) is 8.28. The second-order valence-corrected chi connectivity index (χ2v) is 3.53. The number of allylic oxidation sites excluding steroid dienone is 1. The summed E-state index contributed by atoms with van der Waals surface area (Å²) in [5, 5.41) is 0. The molecule has 14 heavy (non-hydrogen) atoms. The van der Waals surface area contributed by atoms with Crippen LogP contribution >= 0.6 is 0 Å². The van der Waals surface area contributed by atoms with Gasteiger partial charge < -0.3 is 0 Å². The molecule has 0 fully saturated rings. The van der Waals surface area contributed by atoms with Gasteiger partial charge in [0, 0.05) is 0 Å². The van der Waals surface area contributed by atoms with Crippen LogP contribution in [0, 0.1) is 0 Å². The summed E-state index contributed by atoms with van der Waals surface area (Å²) in [6, 6.07) is 8.67. The molecule has 1 aromatic rings.